The van der Waals surface area contributed by atoms with Crippen LogP contribution in [0.15, 0.2) is 67.1 Å². The molecule has 0 aliphatic carbocycles. The van der Waals surface area contributed by atoms with Crippen molar-refractivity contribution in [2.45, 2.75) is 19.1 Å². The molecule has 0 amide bonds. The van der Waals surface area contributed by atoms with Crippen molar-refractivity contribution in [3.8, 4) is 22.6 Å². The molecule has 2 N–H and O–H groups in total. The minimum absolute atomic E-state index is 0.229. The van der Waals surface area contributed by atoms with E-state index in [1.165, 1.54) is 10.3 Å². The van der Waals surface area contributed by atoms with Gasteiger partial charge in [-0.3, -0.25) is 0 Å². The second-order valence-corrected chi connectivity index (χ2v) is 9.20. The summed E-state index contributed by atoms with van der Waals surface area (Å²) in [5, 5.41) is -0.0998. The Morgan fingerprint density at radius 3 is 2.28 bits per heavy atom. The predicted molar refractivity (Wildman–Crippen MR) is 113 cm³/mol. The van der Waals surface area contributed by atoms with Crippen molar-refractivity contribution in [3.63, 3.8) is 0 Å². The molecule has 4 aromatic rings. The van der Waals surface area contributed by atoms with Gasteiger partial charge in [0.25, 0.3) is 0 Å². The minimum atomic E-state index is -3.61. The van der Waals surface area contributed by atoms with Crippen LogP contribution < -0.4 is 10.5 Å². The van der Waals surface area contributed by atoms with Crippen LogP contribution in [0.4, 0.5) is 5.82 Å². The molecule has 0 bridgehead atoms. The number of nitrogens with two attached hydrogens (primary N) is 1. The highest BCUT2D eigenvalue weighted by Gasteiger charge is 2.25. The largest absolute Gasteiger partial charge is 0.457 e. The van der Waals surface area contributed by atoms with Gasteiger partial charge in [0.1, 0.15) is 23.6 Å². The van der Waals surface area contributed by atoms with Gasteiger partial charge < -0.3 is 10.5 Å². The van der Waals surface area contributed by atoms with Crippen molar-refractivity contribution >= 4 is 26.9 Å². The van der Waals surface area contributed by atoms with Crippen LogP contribution in [0.25, 0.3) is 22.2 Å². The van der Waals surface area contributed by atoms with E-state index in [2.05, 4.69) is 9.97 Å². The normalized spacial score (nSPS) is 11.8. The maximum Gasteiger partial charge on any atom is 0.242 e. The average Bonchev–Trinajstić information content (AvgIpc) is 3.11. The highest BCUT2D eigenvalue weighted by molar-refractivity contribution is 7.90. The van der Waals surface area contributed by atoms with Crippen LogP contribution in [-0.4, -0.2) is 27.6 Å². The van der Waals surface area contributed by atoms with Crippen molar-refractivity contribution < 1.29 is 13.2 Å². The van der Waals surface area contributed by atoms with Crippen LogP contribution in [-0.2, 0) is 10.0 Å². The number of benzene rings is 2. The molecule has 2 heterocycles. The lowest BCUT2D eigenvalue weighted by atomic mass is 10.1. The summed E-state index contributed by atoms with van der Waals surface area (Å²) in [4.78, 5) is 8.22. The molecule has 0 atom stereocenters. The van der Waals surface area contributed by atoms with E-state index in [4.69, 9.17) is 10.5 Å². The van der Waals surface area contributed by atoms with Crippen LogP contribution in [0.3, 0.4) is 0 Å². The smallest absolute Gasteiger partial charge is 0.242 e. The summed E-state index contributed by atoms with van der Waals surface area (Å²) >= 11 is 0. The monoisotopic (exact) mass is 408 g/mol. The highest BCUT2D eigenvalue weighted by Crippen LogP contribution is 2.35. The Kier molecular flexibility index (Phi) is 4.71. The molecule has 29 heavy (non-hydrogen) atoms. The van der Waals surface area contributed by atoms with Crippen LogP contribution in [0.5, 0.6) is 11.5 Å². The number of nitrogens with zero attached hydrogens (tertiary/aromatic N) is 3. The first kappa shape index (κ1) is 18.9. The van der Waals surface area contributed by atoms with Gasteiger partial charge in [-0.25, -0.2) is 22.4 Å². The van der Waals surface area contributed by atoms with Gasteiger partial charge in [0.2, 0.25) is 10.0 Å². The number of anilines is 1. The minimum Gasteiger partial charge on any atom is -0.457 e. The molecule has 0 spiro atoms. The van der Waals surface area contributed by atoms with E-state index in [0.29, 0.717) is 16.7 Å². The molecule has 2 aromatic heterocycles. The van der Waals surface area contributed by atoms with Gasteiger partial charge in [-0.2, -0.15) is 0 Å². The Balaban J connectivity index is 1.80. The lowest BCUT2D eigenvalue weighted by molar-refractivity contribution is 0.483. The molecule has 0 unspecified atom stereocenters. The number of aromatic nitrogens is 3. The molecule has 0 fully saturated rings. The second-order valence-electron chi connectivity index (χ2n) is 6.83. The van der Waals surface area contributed by atoms with E-state index in [0.717, 1.165) is 11.3 Å². The number of hydrogen-bond acceptors (Lipinski definition) is 6. The van der Waals surface area contributed by atoms with Gasteiger partial charge in [-0.1, -0.05) is 30.3 Å². The lowest BCUT2D eigenvalue weighted by Gasteiger charge is -2.09. The fraction of sp³-hybridized carbons (Fsp3) is 0.143. The molecule has 0 radical (unpaired) electrons. The molecule has 0 aliphatic heterocycles. The standard InChI is InChI=1S/C21H20N4O3S/c1-14(2)29(26,27)25-12-18(19-20(22)23-13-24-21(19)25)15-8-10-17(11-9-15)28-16-6-4-3-5-7-16/h3-14H,1-2H3,(H2,22,23,24). The summed E-state index contributed by atoms with van der Waals surface area (Å²) in [6.45, 7) is 3.25. The summed E-state index contributed by atoms with van der Waals surface area (Å²) < 4.78 is 32.6. The number of para-hydroxylation sites is 1. The summed E-state index contributed by atoms with van der Waals surface area (Å²) in [5.74, 6) is 1.63. The van der Waals surface area contributed by atoms with Crippen molar-refractivity contribution in [2.24, 2.45) is 0 Å². The third kappa shape index (κ3) is 3.42. The van der Waals surface area contributed by atoms with E-state index in [-0.39, 0.29) is 11.5 Å². The Morgan fingerprint density at radius 2 is 1.62 bits per heavy atom. The van der Waals surface area contributed by atoms with E-state index < -0.39 is 15.3 Å². The van der Waals surface area contributed by atoms with Crippen molar-refractivity contribution in [1.82, 2.24) is 13.9 Å². The Hall–Kier alpha value is -3.39. The summed E-state index contributed by atoms with van der Waals surface area (Å²) in [6, 6.07) is 16.8. The van der Waals surface area contributed by atoms with Crippen LogP contribution in [0, 0.1) is 0 Å². The quantitative estimate of drug-likeness (QED) is 0.534. The summed E-state index contributed by atoms with van der Waals surface area (Å²) in [7, 11) is -3.61. The number of nitrogen functional groups attached to an aromatic ring is 1. The second kappa shape index (κ2) is 7.21. The van der Waals surface area contributed by atoms with Crippen LogP contribution >= 0.6 is 0 Å². The zero-order valence-electron chi connectivity index (χ0n) is 16.0. The fourth-order valence-corrected chi connectivity index (χ4v) is 4.11. The lowest BCUT2D eigenvalue weighted by Crippen LogP contribution is -2.22. The van der Waals surface area contributed by atoms with E-state index in [1.54, 1.807) is 20.0 Å². The zero-order valence-corrected chi connectivity index (χ0v) is 16.8. The zero-order chi connectivity index (χ0) is 20.6. The molecule has 7 nitrogen and oxygen atoms in total. The first-order valence-corrected chi connectivity index (χ1v) is 10.6. The summed E-state index contributed by atoms with van der Waals surface area (Å²) in [5.41, 5.74) is 7.78. The molecule has 2 aromatic carbocycles. The summed E-state index contributed by atoms with van der Waals surface area (Å²) in [6.07, 6.45) is 2.82. The molecule has 4 rings (SSSR count). The molecular weight excluding hydrogens is 388 g/mol. The number of ether oxygens (including phenoxy) is 1. The van der Waals surface area contributed by atoms with Gasteiger partial charge >= 0.3 is 0 Å². The van der Waals surface area contributed by atoms with Crippen molar-refractivity contribution in [3.05, 3.63) is 67.1 Å². The first-order chi connectivity index (χ1) is 13.9. The number of rotatable bonds is 5. The van der Waals surface area contributed by atoms with E-state index >= 15 is 0 Å². The number of hydrogen-bond donors (Lipinski definition) is 1. The van der Waals surface area contributed by atoms with Crippen LogP contribution in [0.1, 0.15) is 13.8 Å². The van der Waals surface area contributed by atoms with Gasteiger partial charge in [0.05, 0.1) is 10.6 Å². The van der Waals surface area contributed by atoms with Gasteiger partial charge in [0, 0.05) is 11.8 Å². The highest BCUT2D eigenvalue weighted by atomic mass is 32.2. The predicted octanol–water partition coefficient (Wildman–Crippen LogP) is 4.06. The van der Waals surface area contributed by atoms with E-state index in [9.17, 15) is 8.42 Å². The Bertz CT molecular complexity index is 1260. The topological polar surface area (TPSA) is 100 Å². The van der Waals surface area contributed by atoms with Crippen molar-refractivity contribution in [1.29, 1.82) is 0 Å². The fourth-order valence-electron chi connectivity index (χ4n) is 3.03. The molecule has 0 saturated carbocycles. The first-order valence-electron chi connectivity index (χ1n) is 9.07. The SMILES string of the molecule is CC(C)S(=O)(=O)n1cc(-c2ccc(Oc3ccccc3)cc2)c2c(N)ncnc21. The average molecular weight is 408 g/mol. The van der Waals surface area contributed by atoms with Gasteiger partial charge in [0.15, 0.2) is 5.65 Å². The number of fused-ring (bicyclic) bond motifs is 1. The molecular formula is C21H20N4O3S. The van der Waals surface area contributed by atoms with Crippen molar-refractivity contribution in [2.75, 3.05) is 5.73 Å². The molecule has 8 heteroatoms. The molecule has 0 saturated heterocycles. The third-order valence-electron chi connectivity index (χ3n) is 4.60. The Labute approximate surface area is 168 Å². The van der Waals surface area contributed by atoms with Crippen LogP contribution in [0.2, 0.25) is 0 Å². The Morgan fingerprint density at radius 1 is 0.966 bits per heavy atom. The molecule has 148 valence electrons. The van der Waals surface area contributed by atoms with Gasteiger partial charge in [-0.05, 0) is 43.7 Å². The third-order valence-corrected chi connectivity index (χ3v) is 6.61. The maximum absolute atomic E-state index is 12.8. The van der Waals surface area contributed by atoms with E-state index in [1.807, 2.05) is 54.6 Å². The maximum atomic E-state index is 12.8. The van der Waals surface area contributed by atoms with Gasteiger partial charge in [-0.15, -0.1) is 0 Å². The molecule has 0 aliphatic rings.